The first-order valence-corrected chi connectivity index (χ1v) is 9.74. The topological polar surface area (TPSA) is 57.5 Å². The SMILES string of the molecule is CN=C(NCCC(C)N(C)Cc1ccccc1)NCC(C)Cn1cccn1.I. The zero-order valence-electron chi connectivity index (χ0n) is 17.5. The Kier molecular flexibility index (Phi) is 11.8. The van der Waals surface area contributed by atoms with Crippen LogP contribution < -0.4 is 10.6 Å². The Morgan fingerprint density at radius 3 is 2.57 bits per heavy atom. The highest BCUT2D eigenvalue weighted by Crippen LogP contribution is 2.07. The molecule has 6 nitrogen and oxygen atoms in total. The standard InChI is InChI=1S/C21H34N6.HI/c1-18(16-27-14-8-12-25-27)15-24-21(22-3)23-13-11-19(2)26(4)17-20-9-6-5-7-10-20;/h5-10,12,14,18-19H,11,13,15-17H2,1-4H3,(H2,22,23,24);1H. The van der Waals surface area contributed by atoms with Gasteiger partial charge in [-0.2, -0.15) is 5.10 Å². The second-order valence-electron chi connectivity index (χ2n) is 7.25. The fraction of sp³-hybridized carbons (Fsp3) is 0.524. The monoisotopic (exact) mass is 498 g/mol. The van der Waals surface area contributed by atoms with Crippen LogP contribution in [0.2, 0.25) is 0 Å². The van der Waals surface area contributed by atoms with Crippen LogP contribution in [0, 0.1) is 5.92 Å². The van der Waals surface area contributed by atoms with Gasteiger partial charge in [-0.05, 0) is 37.9 Å². The van der Waals surface area contributed by atoms with Gasteiger partial charge in [0.2, 0.25) is 0 Å². The Balaban J connectivity index is 0.00000392. The van der Waals surface area contributed by atoms with Crippen molar-refractivity contribution in [2.45, 2.75) is 39.4 Å². The van der Waals surface area contributed by atoms with Crippen molar-refractivity contribution in [1.82, 2.24) is 25.3 Å². The molecule has 0 amide bonds. The van der Waals surface area contributed by atoms with E-state index in [-0.39, 0.29) is 24.0 Å². The van der Waals surface area contributed by atoms with Crippen molar-refractivity contribution in [2.75, 3.05) is 27.2 Å². The fourth-order valence-corrected chi connectivity index (χ4v) is 2.93. The molecule has 0 saturated heterocycles. The lowest BCUT2D eigenvalue weighted by atomic mass is 10.1. The molecule has 1 aromatic carbocycles. The van der Waals surface area contributed by atoms with E-state index in [4.69, 9.17) is 0 Å². The highest BCUT2D eigenvalue weighted by Gasteiger charge is 2.10. The predicted molar refractivity (Wildman–Crippen MR) is 128 cm³/mol. The number of hydrogen-bond acceptors (Lipinski definition) is 3. The minimum Gasteiger partial charge on any atom is -0.356 e. The number of nitrogens with zero attached hydrogens (tertiary/aromatic N) is 4. The van der Waals surface area contributed by atoms with Crippen molar-refractivity contribution in [3.8, 4) is 0 Å². The molecule has 0 radical (unpaired) electrons. The molecule has 2 rings (SSSR count). The maximum atomic E-state index is 4.32. The summed E-state index contributed by atoms with van der Waals surface area (Å²) in [6, 6.07) is 13.1. The molecule has 0 bridgehead atoms. The highest BCUT2D eigenvalue weighted by atomic mass is 127. The lowest BCUT2D eigenvalue weighted by molar-refractivity contribution is 0.238. The smallest absolute Gasteiger partial charge is 0.190 e. The summed E-state index contributed by atoms with van der Waals surface area (Å²) in [6.45, 7) is 8.12. The first kappa shape index (κ1) is 24.4. The van der Waals surface area contributed by atoms with E-state index in [0.717, 1.165) is 38.6 Å². The highest BCUT2D eigenvalue weighted by molar-refractivity contribution is 14.0. The molecule has 1 aromatic heterocycles. The summed E-state index contributed by atoms with van der Waals surface area (Å²) in [4.78, 5) is 6.71. The van der Waals surface area contributed by atoms with E-state index in [1.165, 1.54) is 5.56 Å². The second kappa shape index (κ2) is 13.5. The molecule has 7 heteroatoms. The average molecular weight is 498 g/mol. The van der Waals surface area contributed by atoms with Crippen LogP contribution in [-0.2, 0) is 13.1 Å². The van der Waals surface area contributed by atoms with Crippen molar-refractivity contribution >= 4 is 29.9 Å². The predicted octanol–water partition coefficient (Wildman–Crippen LogP) is 3.21. The van der Waals surface area contributed by atoms with Gasteiger partial charge in [0.25, 0.3) is 0 Å². The van der Waals surface area contributed by atoms with Crippen LogP contribution in [0.15, 0.2) is 53.8 Å². The normalized spacial score (nSPS) is 13.7. The Morgan fingerprint density at radius 1 is 1.18 bits per heavy atom. The van der Waals surface area contributed by atoms with E-state index < -0.39 is 0 Å². The lowest BCUT2D eigenvalue weighted by Gasteiger charge is -2.25. The van der Waals surface area contributed by atoms with Crippen LogP contribution in [0.3, 0.4) is 0 Å². The molecular formula is C21H35IN6. The van der Waals surface area contributed by atoms with Crippen molar-refractivity contribution in [3.05, 3.63) is 54.4 Å². The lowest BCUT2D eigenvalue weighted by Crippen LogP contribution is -2.42. The average Bonchev–Trinajstić information content (AvgIpc) is 3.18. The van der Waals surface area contributed by atoms with E-state index in [2.05, 4.69) is 76.9 Å². The van der Waals surface area contributed by atoms with Crippen LogP contribution in [0.25, 0.3) is 0 Å². The van der Waals surface area contributed by atoms with E-state index in [0.29, 0.717) is 12.0 Å². The molecule has 2 unspecified atom stereocenters. The van der Waals surface area contributed by atoms with Gasteiger partial charge in [-0.3, -0.25) is 14.6 Å². The number of nitrogens with one attached hydrogen (secondary N) is 2. The summed E-state index contributed by atoms with van der Waals surface area (Å²) in [7, 11) is 4.00. The van der Waals surface area contributed by atoms with Gasteiger partial charge in [-0.25, -0.2) is 0 Å². The Bertz CT molecular complexity index is 659. The fourth-order valence-electron chi connectivity index (χ4n) is 2.93. The number of aromatic nitrogens is 2. The zero-order chi connectivity index (χ0) is 19.5. The van der Waals surface area contributed by atoms with E-state index in [1.807, 2.05) is 30.2 Å². The third-order valence-corrected chi connectivity index (χ3v) is 4.78. The molecule has 0 fully saturated rings. The third kappa shape index (κ3) is 9.05. The van der Waals surface area contributed by atoms with Gasteiger partial charge >= 0.3 is 0 Å². The van der Waals surface area contributed by atoms with Crippen molar-refractivity contribution in [2.24, 2.45) is 10.9 Å². The summed E-state index contributed by atoms with van der Waals surface area (Å²) >= 11 is 0. The molecule has 28 heavy (non-hydrogen) atoms. The number of hydrogen-bond donors (Lipinski definition) is 2. The molecule has 0 aliphatic heterocycles. The van der Waals surface area contributed by atoms with Crippen molar-refractivity contribution in [1.29, 1.82) is 0 Å². The van der Waals surface area contributed by atoms with Gasteiger partial charge in [0, 0.05) is 51.7 Å². The molecule has 1 heterocycles. The molecule has 2 N–H and O–H groups in total. The quantitative estimate of drug-likeness (QED) is 0.300. The number of halogens is 1. The van der Waals surface area contributed by atoms with Gasteiger partial charge in [0.15, 0.2) is 5.96 Å². The van der Waals surface area contributed by atoms with Crippen LogP contribution >= 0.6 is 24.0 Å². The summed E-state index contributed by atoms with van der Waals surface area (Å²) in [5.74, 6) is 1.33. The molecule has 0 spiro atoms. The largest absolute Gasteiger partial charge is 0.356 e. The van der Waals surface area contributed by atoms with Gasteiger partial charge in [0.05, 0.1) is 0 Å². The summed E-state index contributed by atoms with van der Waals surface area (Å²) in [5.41, 5.74) is 1.35. The van der Waals surface area contributed by atoms with Crippen LogP contribution in [-0.4, -0.2) is 53.9 Å². The molecular weight excluding hydrogens is 463 g/mol. The molecule has 2 atom stereocenters. The Labute approximate surface area is 186 Å². The number of rotatable bonds is 10. The van der Waals surface area contributed by atoms with E-state index in [1.54, 1.807) is 0 Å². The van der Waals surface area contributed by atoms with Crippen LogP contribution in [0.4, 0.5) is 0 Å². The second-order valence-corrected chi connectivity index (χ2v) is 7.25. The number of aliphatic imine (C=N–C) groups is 1. The first-order valence-electron chi connectivity index (χ1n) is 9.74. The van der Waals surface area contributed by atoms with Crippen molar-refractivity contribution < 1.29 is 0 Å². The van der Waals surface area contributed by atoms with Crippen molar-refractivity contribution in [3.63, 3.8) is 0 Å². The summed E-state index contributed by atoms with van der Waals surface area (Å²) in [5, 5.41) is 11.1. The number of benzene rings is 1. The van der Waals surface area contributed by atoms with E-state index >= 15 is 0 Å². The number of guanidine groups is 1. The summed E-state index contributed by atoms with van der Waals surface area (Å²) in [6.07, 6.45) is 4.88. The minimum atomic E-state index is 0. The van der Waals surface area contributed by atoms with Gasteiger partial charge < -0.3 is 10.6 Å². The zero-order valence-corrected chi connectivity index (χ0v) is 19.8. The third-order valence-electron chi connectivity index (χ3n) is 4.78. The Hall–Kier alpha value is -1.61. The Morgan fingerprint density at radius 2 is 1.93 bits per heavy atom. The maximum absolute atomic E-state index is 4.32. The maximum Gasteiger partial charge on any atom is 0.190 e. The first-order chi connectivity index (χ1) is 13.1. The van der Waals surface area contributed by atoms with E-state index in [9.17, 15) is 0 Å². The molecule has 0 saturated carbocycles. The molecule has 0 aliphatic carbocycles. The van der Waals surface area contributed by atoms with Gasteiger partial charge in [-0.1, -0.05) is 37.3 Å². The van der Waals surface area contributed by atoms with Crippen LogP contribution in [0.1, 0.15) is 25.8 Å². The summed E-state index contributed by atoms with van der Waals surface area (Å²) < 4.78 is 1.97. The molecule has 0 aliphatic rings. The molecule has 2 aromatic rings. The van der Waals surface area contributed by atoms with Crippen LogP contribution in [0.5, 0.6) is 0 Å². The molecule has 156 valence electrons. The van der Waals surface area contributed by atoms with Gasteiger partial charge in [-0.15, -0.1) is 24.0 Å². The van der Waals surface area contributed by atoms with Gasteiger partial charge in [0.1, 0.15) is 0 Å². The minimum absolute atomic E-state index is 0.